The summed E-state index contributed by atoms with van der Waals surface area (Å²) in [5.74, 6) is -0.893. The molecule has 4 nitrogen and oxygen atoms in total. The number of carboxylic acid groups (broad SMARTS) is 1. The number of carbonyl (C=O) groups is 1. The van der Waals surface area contributed by atoms with Crippen molar-refractivity contribution in [2.24, 2.45) is 0 Å². The lowest BCUT2D eigenvalue weighted by Crippen LogP contribution is -2.02. The molecule has 0 atom stereocenters. The number of benzene rings is 1. The van der Waals surface area contributed by atoms with Crippen molar-refractivity contribution in [1.82, 2.24) is 0 Å². The average Bonchev–Trinajstić information content (AvgIpc) is 2.88. The highest BCUT2D eigenvalue weighted by atomic mass is 32.2. The Hall–Kier alpha value is -1.66. The molecule has 0 saturated carbocycles. The largest absolute Gasteiger partial charge is 0.477 e. The van der Waals surface area contributed by atoms with Crippen LogP contribution in [0.2, 0.25) is 0 Å². The zero-order valence-corrected chi connectivity index (χ0v) is 11.8. The van der Waals surface area contributed by atoms with Crippen LogP contribution in [0.1, 0.15) is 16.6 Å². The van der Waals surface area contributed by atoms with Crippen LogP contribution in [0.3, 0.4) is 0 Å². The highest BCUT2D eigenvalue weighted by Crippen LogP contribution is 2.29. The molecule has 19 heavy (non-hydrogen) atoms. The van der Waals surface area contributed by atoms with Gasteiger partial charge in [-0.3, -0.25) is 0 Å². The fraction of sp³-hybridized carbons (Fsp3) is 0.154. The summed E-state index contributed by atoms with van der Waals surface area (Å²) >= 11 is 1.16. The standard InChI is InChI=1S/C13H12O4S2/c1-2-19(16,17)10-5-3-9(4-6-10)11-7-8-12(18-11)13(14)15/h3-8H,2H2,1H3,(H,14,15). The second-order valence-corrected chi connectivity index (χ2v) is 7.26. The summed E-state index contributed by atoms with van der Waals surface area (Å²) in [7, 11) is -3.20. The first-order valence-electron chi connectivity index (χ1n) is 5.60. The van der Waals surface area contributed by atoms with Crippen LogP contribution in [0.5, 0.6) is 0 Å². The Morgan fingerprint density at radius 2 is 1.79 bits per heavy atom. The van der Waals surface area contributed by atoms with Crippen LogP contribution in [0, 0.1) is 0 Å². The van der Waals surface area contributed by atoms with E-state index in [9.17, 15) is 13.2 Å². The van der Waals surface area contributed by atoms with E-state index in [1.54, 1.807) is 43.3 Å². The summed E-state index contributed by atoms with van der Waals surface area (Å²) in [5, 5.41) is 8.86. The normalized spacial score (nSPS) is 11.4. The van der Waals surface area contributed by atoms with Gasteiger partial charge in [-0.25, -0.2) is 13.2 Å². The van der Waals surface area contributed by atoms with E-state index >= 15 is 0 Å². The Kier molecular flexibility index (Phi) is 3.73. The molecular weight excluding hydrogens is 284 g/mol. The summed E-state index contributed by atoms with van der Waals surface area (Å²) < 4.78 is 23.3. The van der Waals surface area contributed by atoms with E-state index in [4.69, 9.17) is 5.11 Å². The molecule has 0 aliphatic carbocycles. The maximum Gasteiger partial charge on any atom is 0.345 e. The molecule has 0 aliphatic rings. The van der Waals surface area contributed by atoms with Crippen molar-refractivity contribution in [3.05, 3.63) is 41.3 Å². The maximum atomic E-state index is 11.7. The molecule has 0 fully saturated rings. The number of aromatic carboxylic acids is 1. The zero-order chi connectivity index (χ0) is 14.0. The average molecular weight is 296 g/mol. The molecule has 1 aromatic carbocycles. The minimum absolute atomic E-state index is 0.0640. The summed E-state index contributed by atoms with van der Waals surface area (Å²) in [6, 6.07) is 9.75. The third-order valence-corrected chi connectivity index (χ3v) is 5.57. The molecule has 0 aliphatic heterocycles. The van der Waals surface area contributed by atoms with Crippen molar-refractivity contribution < 1.29 is 18.3 Å². The van der Waals surface area contributed by atoms with Crippen LogP contribution >= 0.6 is 11.3 Å². The van der Waals surface area contributed by atoms with Gasteiger partial charge in [0.1, 0.15) is 4.88 Å². The van der Waals surface area contributed by atoms with Crippen molar-refractivity contribution >= 4 is 27.1 Å². The molecule has 0 bridgehead atoms. The number of hydrogen-bond donors (Lipinski definition) is 1. The Morgan fingerprint density at radius 3 is 2.26 bits per heavy atom. The first-order chi connectivity index (χ1) is 8.94. The predicted molar refractivity (Wildman–Crippen MR) is 74.4 cm³/mol. The monoisotopic (exact) mass is 296 g/mol. The molecule has 2 aromatic rings. The number of sulfone groups is 1. The fourth-order valence-electron chi connectivity index (χ4n) is 1.60. The Labute approximate surface area is 115 Å². The third kappa shape index (κ3) is 2.85. The quantitative estimate of drug-likeness (QED) is 0.941. The van der Waals surface area contributed by atoms with Gasteiger partial charge in [0.25, 0.3) is 0 Å². The van der Waals surface area contributed by atoms with E-state index in [-0.39, 0.29) is 15.5 Å². The smallest absolute Gasteiger partial charge is 0.345 e. The van der Waals surface area contributed by atoms with Crippen LogP contribution in [-0.4, -0.2) is 25.2 Å². The van der Waals surface area contributed by atoms with Crippen LogP contribution in [0.25, 0.3) is 10.4 Å². The first kappa shape index (κ1) is 13.8. The van der Waals surface area contributed by atoms with Crippen molar-refractivity contribution in [2.45, 2.75) is 11.8 Å². The zero-order valence-electron chi connectivity index (χ0n) is 10.2. The van der Waals surface area contributed by atoms with Crippen LogP contribution in [0.15, 0.2) is 41.3 Å². The number of carboxylic acids is 1. The Balaban J connectivity index is 2.35. The van der Waals surface area contributed by atoms with Gasteiger partial charge in [0.15, 0.2) is 9.84 Å². The number of hydrogen-bond acceptors (Lipinski definition) is 4. The summed E-state index contributed by atoms with van der Waals surface area (Å²) in [5.41, 5.74) is 0.813. The minimum Gasteiger partial charge on any atom is -0.477 e. The van der Waals surface area contributed by atoms with Gasteiger partial charge in [-0.2, -0.15) is 0 Å². The third-order valence-electron chi connectivity index (χ3n) is 2.69. The van der Waals surface area contributed by atoms with Crippen molar-refractivity contribution in [2.75, 3.05) is 5.75 Å². The molecule has 6 heteroatoms. The molecule has 0 saturated heterocycles. The van der Waals surface area contributed by atoms with Crippen molar-refractivity contribution in [1.29, 1.82) is 0 Å². The van der Waals surface area contributed by atoms with E-state index in [1.807, 2.05) is 0 Å². The highest BCUT2D eigenvalue weighted by Gasteiger charge is 2.12. The molecule has 1 aromatic heterocycles. The van der Waals surface area contributed by atoms with Crippen molar-refractivity contribution in [3.63, 3.8) is 0 Å². The highest BCUT2D eigenvalue weighted by molar-refractivity contribution is 7.91. The van der Waals surface area contributed by atoms with Gasteiger partial charge in [0.2, 0.25) is 0 Å². The van der Waals surface area contributed by atoms with Gasteiger partial charge < -0.3 is 5.11 Å². The maximum absolute atomic E-state index is 11.7. The molecule has 0 amide bonds. The summed E-state index contributed by atoms with van der Waals surface area (Å²) in [4.78, 5) is 12.2. The second-order valence-electron chi connectivity index (χ2n) is 3.90. The summed E-state index contributed by atoms with van der Waals surface area (Å²) in [6.45, 7) is 1.60. The van der Waals surface area contributed by atoms with Crippen LogP contribution < -0.4 is 0 Å². The first-order valence-corrected chi connectivity index (χ1v) is 8.07. The van der Waals surface area contributed by atoms with Gasteiger partial charge >= 0.3 is 5.97 Å². The second kappa shape index (κ2) is 5.14. The topological polar surface area (TPSA) is 71.4 Å². The van der Waals surface area contributed by atoms with Gasteiger partial charge in [-0.1, -0.05) is 19.1 Å². The van der Waals surface area contributed by atoms with E-state index in [0.29, 0.717) is 0 Å². The van der Waals surface area contributed by atoms with E-state index < -0.39 is 15.8 Å². The number of thiophene rings is 1. The summed E-state index contributed by atoms with van der Waals surface area (Å²) in [6.07, 6.45) is 0. The van der Waals surface area contributed by atoms with Gasteiger partial charge in [-0.15, -0.1) is 11.3 Å². The van der Waals surface area contributed by atoms with Crippen LogP contribution in [-0.2, 0) is 9.84 Å². The minimum atomic E-state index is -3.20. The molecule has 0 spiro atoms. The van der Waals surface area contributed by atoms with Gasteiger partial charge in [0, 0.05) is 4.88 Å². The fourth-order valence-corrected chi connectivity index (χ4v) is 3.34. The molecule has 100 valence electrons. The molecule has 1 N–H and O–H groups in total. The molecule has 0 unspecified atom stereocenters. The lowest BCUT2D eigenvalue weighted by Gasteiger charge is -2.02. The molecule has 0 radical (unpaired) electrons. The SMILES string of the molecule is CCS(=O)(=O)c1ccc(-c2ccc(C(=O)O)s2)cc1. The molecule has 1 heterocycles. The van der Waals surface area contributed by atoms with E-state index in [1.165, 1.54) is 0 Å². The van der Waals surface area contributed by atoms with E-state index in [0.717, 1.165) is 21.8 Å². The van der Waals surface area contributed by atoms with Gasteiger partial charge in [0.05, 0.1) is 10.6 Å². The Morgan fingerprint density at radius 1 is 1.16 bits per heavy atom. The lowest BCUT2D eigenvalue weighted by molar-refractivity contribution is 0.0702. The van der Waals surface area contributed by atoms with Crippen LogP contribution in [0.4, 0.5) is 0 Å². The van der Waals surface area contributed by atoms with Gasteiger partial charge in [-0.05, 0) is 29.8 Å². The molecular formula is C13H12O4S2. The number of rotatable bonds is 4. The Bertz CT molecular complexity index is 696. The lowest BCUT2D eigenvalue weighted by atomic mass is 10.2. The van der Waals surface area contributed by atoms with Crippen molar-refractivity contribution in [3.8, 4) is 10.4 Å². The molecule has 2 rings (SSSR count). The van der Waals surface area contributed by atoms with E-state index in [2.05, 4.69) is 0 Å². The predicted octanol–water partition coefficient (Wildman–Crippen LogP) is 2.91.